The van der Waals surface area contributed by atoms with Crippen LogP contribution < -0.4 is 0 Å². The molecule has 1 unspecified atom stereocenters. The number of hydrogen-bond donors (Lipinski definition) is 1. The second-order valence-electron chi connectivity index (χ2n) is 1.47. The van der Waals surface area contributed by atoms with E-state index in [2.05, 4.69) is 0 Å². The highest BCUT2D eigenvalue weighted by Gasteiger charge is 1.92. The number of rotatable bonds is 3. The Kier molecular flexibility index (Phi) is 4.36. The van der Waals surface area contributed by atoms with Crippen molar-refractivity contribution in [2.45, 2.75) is 26.6 Å². The van der Waals surface area contributed by atoms with Gasteiger partial charge in [0.25, 0.3) is 0 Å². The fourth-order valence-electron chi connectivity index (χ4n) is 0.265. The third-order valence-electron chi connectivity index (χ3n) is 0.721. The van der Waals surface area contributed by atoms with Gasteiger partial charge in [-0.25, -0.2) is 0 Å². The van der Waals surface area contributed by atoms with Gasteiger partial charge in [0.1, 0.15) is 0 Å². The van der Waals surface area contributed by atoms with E-state index in [4.69, 9.17) is 9.84 Å². The standard InChI is InChI=1S/C6H12O2/c1-3-5-8-6(7)4-2/h3,5-7H,4H2,1-2H3/b5-3-. The van der Waals surface area contributed by atoms with Gasteiger partial charge in [0.05, 0.1) is 6.26 Å². The molecule has 0 bridgehead atoms. The third kappa shape index (κ3) is 3.68. The molecule has 1 N–H and O–H groups in total. The molecular formula is C6H12O2. The predicted octanol–water partition coefficient (Wildman–Crippen LogP) is 1.26. The topological polar surface area (TPSA) is 29.5 Å². The van der Waals surface area contributed by atoms with Crippen molar-refractivity contribution in [3.8, 4) is 0 Å². The molecule has 2 nitrogen and oxygen atoms in total. The summed E-state index contributed by atoms with van der Waals surface area (Å²) in [4.78, 5) is 0. The van der Waals surface area contributed by atoms with Crippen LogP contribution in [0.25, 0.3) is 0 Å². The van der Waals surface area contributed by atoms with Gasteiger partial charge in [-0.15, -0.1) is 0 Å². The van der Waals surface area contributed by atoms with Crippen molar-refractivity contribution in [2.24, 2.45) is 0 Å². The summed E-state index contributed by atoms with van der Waals surface area (Å²) in [5.41, 5.74) is 0. The van der Waals surface area contributed by atoms with E-state index in [1.54, 1.807) is 6.08 Å². The minimum atomic E-state index is -0.633. The van der Waals surface area contributed by atoms with Gasteiger partial charge in [0.15, 0.2) is 6.29 Å². The average molecular weight is 116 g/mol. The number of aliphatic hydroxyl groups is 1. The number of hydrogen-bond acceptors (Lipinski definition) is 2. The molecule has 0 heterocycles. The van der Waals surface area contributed by atoms with Crippen LogP contribution in [0.15, 0.2) is 12.3 Å². The Bertz CT molecular complexity index is 68.9. The van der Waals surface area contributed by atoms with Gasteiger partial charge in [0, 0.05) is 6.42 Å². The highest BCUT2D eigenvalue weighted by Crippen LogP contribution is 1.91. The molecule has 2 heteroatoms. The zero-order valence-corrected chi connectivity index (χ0v) is 5.29. The van der Waals surface area contributed by atoms with E-state index in [0.29, 0.717) is 6.42 Å². The van der Waals surface area contributed by atoms with E-state index in [0.717, 1.165) is 0 Å². The Hall–Kier alpha value is -0.500. The minimum Gasteiger partial charge on any atom is -0.473 e. The summed E-state index contributed by atoms with van der Waals surface area (Å²) in [6.07, 6.45) is 3.21. The first-order valence-corrected chi connectivity index (χ1v) is 2.76. The van der Waals surface area contributed by atoms with E-state index in [1.807, 2.05) is 13.8 Å². The van der Waals surface area contributed by atoms with Crippen LogP contribution in [0.4, 0.5) is 0 Å². The van der Waals surface area contributed by atoms with Crippen molar-refractivity contribution >= 4 is 0 Å². The van der Waals surface area contributed by atoms with E-state index in [1.165, 1.54) is 6.26 Å². The Morgan fingerprint density at radius 1 is 1.75 bits per heavy atom. The summed E-state index contributed by atoms with van der Waals surface area (Å²) >= 11 is 0. The van der Waals surface area contributed by atoms with Crippen molar-refractivity contribution in [1.82, 2.24) is 0 Å². The molecule has 0 radical (unpaired) electrons. The summed E-state index contributed by atoms with van der Waals surface area (Å²) in [6, 6.07) is 0. The normalized spacial score (nSPS) is 14.4. The molecule has 0 amide bonds. The molecule has 0 aliphatic heterocycles. The minimum absolute atomic E-state index is 0.629. The van der Waals surface area contributed by atoms with Gasteiger partial charge in [-0.3, -0.25) is 0 Å². The van der Waals surface area contributed by atoms with E-state index in [9.17, 15) is 0 Å². The van der Waals surface area contributed by atoms with Gasteiger partial charge in [-0.2, -0.15) is 0 Å². The van der Waals surface area contributed by atoms with Crippen LogP contribution in [0.1, 0.15) is 20.3 Å². The quantitative estimate of drug-likeness (QED) is 0.444. The van der Waals surface area contributed by atoms with Crippen molar-refractivity contribution in [3.63, 3.8) is 0 Å². The van der Waals surface area contributed by atoms with Crippen LogP contribution in [0.5, 0.6) is 0 Å². The first-order chi connectivity index (χ1) is 3.81. The van der Waals surface area contributed by atoms with Crippen LogP contribution in [0, 0.1) is 0 Å². The lowest BCUT2D eigenvalue weighted by Crippen LogP contribution is -2.04. The van der Waals surface area contributed by atoms with Gasteiger partial charge in [-0.1, -0.05) is 13.0 Å². The Morgan fingerprint density at radius 3 is 2.75 bits per heavy atom. The number of aliphatic hydroxyl groups excluding tert-OH is 1. The summed E-state index contributed by atoms with van der Waals surface area (Å²) < 4.78 is 4.72. The molecule has 0 fully saturated rings. The molecule has 0 saturated heterocycles. The second-order valence-corrected chi connectivity index (χ2v) is 1.47. The number of allylic oxidation sites excluding steroid dienone is 1. The zero-order valence-electron chi connectivity index (χ0n) is 5.29. The highest BCUT2D eigenvalue weighted by molar-refractivity contribution is 4.65. The van der Waals surface area contributed by atoms with Crippen LogP contribution in [-0.2, 0) is 4.74 Å². The lowest BCUT2D eigenvalue weighted by molar-refractivity contribution is -0.0526. The smallest absolute Gasteiger partial charge is 0.196 e. The van der Waals surface area contributed by atoms with E-state index in [-0.39, 0.29) is 0 Å². The molecule has 0 aromatic heterocycles. The van der Waals surface area contributed by atoms with Crippen molar-refractivity contribution in [2.75, 3.05) is 0 Å². The molecule has 48 valence electrons. The fourth-order valence-corrected chi connectivity index (χ4v) is 0.265. The van der Waals surface area contributed by atoms with Crippen molar-refractivity contribution < 1.29 is 9.84 Å². The molecule has 0 saturated carbocycles. The summed E-state index contributed by atoms with van der Waals surface area (Å²) in [7, 11) is 0. The van der Waals surface area contributed by atoms with Gasteiger partial charge in [0.2, 0.25) is 0 Å². The molecule has 0 aromatic carbocycles. The van der Waals surface area contributed by atoms with Gasteiger partial charge in [-0.05, 0) is 6.92 Å². The monoisotopic (exact) mass is 116 g/mol. The molecule has 8 heavy (non-hydrogen) atoms. The molecule has 0 aliphatic carbocycles. The van der Waals surface area contributed by atoms with Crippen molar-refractivity contribution in [1.29, 1.82) is 0 Å². The maximum Gasteiger partial charge on any atom is 0.196 e. The summed E-state index contributed by atoms with van der Waals surface area (Å²) in [5, 5.41) is 8.72. The highest BCUT2D eigenvalue weighted by atomic mass is 16.6. The molecule has 1 atom stereocenters. The summed E-state index contributed by atoms with van der Waals surface area (Å²) in [6.45, 7) is 3.69. The lowest BCUT2D eigenvalue weighted by atomic mass is 10.5. The van der Waals surface area contributed by atoms with E-state index < -0.39 is 6.29 Å². The molecule has 0 rings (SSSR count). The average Bonchev–Trinajstić information content (AvgIpc) is 1.83. The first kappa shape index (κ1) is 7.50. The fraction of sp³-hybridized carbons (Fsp3) is 0.667. The van der Waals surface area contributed by atoms with Gasteiger partial charge >= 0.3 is 0 Å². The predicted molar refractivity (Wildman–Crippen MR) is 32.2 cm³/mol. The van der Waals surface area contributed by atoms with Crippen LogP contribution in [0.2, 0.25) is 0 Å². The number of ether oxygens (including phenoxy) is 1. The van der Waals surface area contributed by atoms with Crippen molar-refractivity contribution in [3.05, 3.63) is 12.3 Å². The maximum atomic E-state index is 8.72. The third-order valence-corrected chi connectivity index (χ3v) is 0.721. The van der Waals surface area contributed by atoms with Crippen LogP contribution in [-0.4, -0.2) is 11.4 Å². The Morgan fingerprint density at radius 2 is 2.38 bits per heavy atom. The molecule has 0 aliphatic rings. The molecule has 0 spiro atoms. The Labute approximate surface area is 49.8 Å². The largest absolute Gasteiger partial charge is 0.473 e. The van der Waals surface area contributed by atoms with Gasteiger partial charge < -0.3 is 9.84 Å². The van der Waals surface area contributed by atoms with E-state index >= 15 is 0 Å². The molecular weight excluding hydrogens is 104 g/mol. The SMILES string of the molecule is C/C=C\OC(O)CC. The molecule has 0 aromatic rings. The maximum absolute atomic E-state index is 8.72. The lowest BCUT2D eigenvalue weighted by Gasteiger charge is -2.04. The first-order valence-electron chi connectivity index (χ1n) is 2.76. The zero-order chi connectivity index (χ0) is 6.41. The van der Waals surface area contributed by atoms with Crippen LogP contribution >= 0.6 is 0 Å². The second kappa shape index (κ2) is 4.65. The van der Waals surface area contributed by atoms with Crippen LogP contribution in [0.3, 0.4) is 0 Å². The summed E-state index contributed by atoms with van der Waals surface area (Å²) in [5.74, 6) is 0. The Balaban J connectivity index is 3.10.